The molecule has 1 aromatic rings. The Kier molecular flexibility index (Phi) is 4.07. The van der Waals surface area contributed by atoms with Crippen LogP contribution >= 0.6 is 11.6 Å². The maximum atomic E-state index is 5.85. The van der Waals surface area contributed by atoms with Gasteiger partial charge in [0.15, 0.2) is 5.82 Å². The standard InChI is InChI=1S/C12H19ClN4/c1-2-17-7-3-4-9(17)8-15-12-10(14)5-6-11(13)16-12/h5-6,9H,2-4,7-8,14H2,1H3,(H,15,16). The summed E-state index contributed by atoms with van der Waals surface area (Å²) < 4.78 is 0. The molecule has 0 radical (unpaired) electrons. The van der Waals surface area contributed by atoms with Crippen LogP contribution in [0.3, 0.4) is 0 Å². The molecule has 94 valence electrons. The van der Waals surface area contributed by atoms with E-state index in [1.54, 1.807) is 12.1 Å². The molecule has 1 unspecified atom stereocenters. The van der Waals surface area contributed by atoms with Gasteiger partial charge < -0.3 is 11.1 Å². The highest BCUT2D eigenvalue weighted by molar-refractivity contribution is 6.29. The van der Waals surface area contributed by atoms with E-state index >= 15 is 0 Å². The molecule has 0 aliphatic carbocycles. The van der Waals surface area contributed by atoms with Crippen LogP contribution in [0.4, 0.5) is 11.5 Å². The van der Waals surface area contributed by atoms with E-state index in [-0.39, 0.29) is 0 Å². The summed E-state index contributed by atoms with van der Waals surface area (Å²) in [5.74, 6) is 0.695. The number of likely N-dealkylation sites (tertiary alicyclic amines) is 1. The first kappa shape index (κ1) is 12.5. The van der Waals surface area contributed by atoms with Gasteiger partial charge in [-0.25, -0.2) is 4.98 Å². The quantitative estimate of drug-likeness (QED) is 0.809. The molecule has 5 heteroatoms. The van der Waals surface area contributed by atoms with Crippen LogP contribution in [0.2, 0.25) is 5.15 Å². The molecule has 1 aromatic heterocycles. The van der Waals surface area contributed by atoms with Gasteiger partial charge in [-0.05, 0) is 38.1 Å². The number of nitrogens with one attached hydrogen (secondary N) is 1. The number of nitrogen functional groups attached to an aromatic ring is 1. The first-order chi connectivity index (χ1) is 8.20. The molecule has 1 aliphatic rings. The normalized spacial score (nSPS) is 20.7. The van der Waals surface area contributed by atoms with Gasteiger partial charge in [0.1, 0.15) is 5.15 Å². The predicted molar refractivity (Wildman–Crippen MR) is 72.4 cm³/mol. The lowest BCUT2D eigenvalue weighted by atomic mass is 10.2. The summed E-state index contributed by atoms with van der Waals surface area (Å²) in [6.45, 7) is 5.38. The fourth-order valence-electron chi connectivity index (χ4n) is 2.34. The molecule has 1 atom stereocenters. The number of likely N-dealkylation sites (N-methyl/N-ethyl adjacent to an activating group) is 1. The molecule has 3 N–H and O–H groups in total. The van der Waals surface area contributed by atoms with E-state index in [9.17, 15) is 0 Å². The molecule has 0 spiro atoms. The average Bonchev–Trinajstić information content (AvgIpc) is 2.77. The number of nitrogens with two attached hydrogens (primary N) is 1. The molecule has 2 rings (SSSR count). The van der Waals surface area contributed by atoms with Gasteiger partial charge in [-0.2, -0.15) is 0 Å². The summed E-state index contributed by atoms with van der Waals surface area (Å²) in [5, 5.41) is 3.77. The van der Waals surface area contributed by atoms with E-state index < -0.39 is 0 Å². The lowest BCUT2D eigenvalue weighted by Crippen LogP contribution is -2.34. The molecule has 0 bridgehead atoms. The van der Waals surface area contributed by atoms with Crippen LogP contribution < -0.4 is 11.1 Å². The second-order valence-corrected chi connectivity index (χ2v) is 4.76. The van der Waals surface area contributed by atoms with Gasteiger partial charge in [-0.15, -0.1) is 0 Å². The SMILES string of the molecule is CCN1CCCC1CNc1nc(Cl)ccc1N. The number of halogens is 1. The van der Waals surface area contributed by atoms with Crippen molar-refractivity contribution in [1.82, 2.24) is 9.88 Å². The Bertz CT molecular complexity index is 383. The van der Waals surface area contributed by atoms with Crippen molar-refractivity contribution in [3.63, 3.8) is 0 Å². The first-order valence-corrected chi connectivity index (χ1v) is 6.48. The molecule has 17 heavy (non-hydrogen) atoms. The number of rotatable bonds is 4. The Morgan fingerprint density at radius 3 is 3.18 bits per heavy atom. The third kappa shape index (κ3) is 3.01. The van der Waals surface area contributed by atoms with Crippen LogP contribution in [0, 0.1) is 0 Å². The van der Waals surface area contributed by atoms with Gasteiger partial charge in [-0.1, -0.05) is 18.5 Å². The van der Waals surface area contributed by atoms with Crippen molar-refractivity contribution in [2.75, 3.05) is 30.7 Å². The van der Waals surface area contributed by atoms with Crippen LogP contribution in [0.1, 0.15) is 19.8 Å². The summed E-state index contributed by atoms with van der Waals surface area (Å²) in [6.07, 6.45) is 2.51. The zero-order valence-electron chi connectivity index (χ0n) is 10.1. The molecule has 2 heterocycles. The Balaban J connectivity index is 1.95. The van der Waals surface area contributed by atoms with E-state index in [0.29, 0.717) is 22.7 Å². The number of hydrogen-bond acceptors (Lipinski definition) is 4. The van der Waals surface area contributed by atoms with Crippen LogP contribution in [-0.4, -0.2) is 35.6 Å². The largest absolute Gasteiger partial charge is 0.396 e. The molecule has 0 amide bonds. The Morgan fingerprint density at radius 2 is 2.41 bits per heavy atom. The molecule has 4 nitrogen and oxygen atoms in total. The number of pyridine rings is 1. The van der Waals surface area contributed by atoms with Gasteiger partial charge in [0.2, 0.25) is 0 Å². The number of anilines is 2. The number of hydrogen-bond donors (Lipinski definition) is 2. The molecule has 0 saturated carbocycles. The minimum absolute atomic E-state index is 0.473. The van der Waals surface area contributed by atoms with Crippen molar-refractivity contribution in [2.45, 2.75) is 25.8 Å². The lowest BCUT2D eigenvalue weighted by molar-refractivity contribution is 0.277. The number of nitrogens with zero attached hydrogens (tertiary/aromatic N) is 2. The highest BCUT2D eigenvalue weighted by Gasteiger charge is 2.22. The minimum atomic E-state index is 0.473. The molecule has 1 fully saturated rings. The first-order valence-electron chi connectivity index (χ1n) is 6.10. The van der Waals surface area contributed by atoms with E-state index in [1.165, 1.54) is 19.4 Å². The van der Waals surface area contributed by atoms with Gasteiger partial charge in [0.25, 0.3) is 0 Å². The smallest absolute Gasteiger partial charge is 0.151 e. The van der Waals surface area contributed by atoms with Crippen molar-refractivity contribution < 1.29 is 0 Å². The van der Waals surface area contributed by atoms with Crippen LogP contribution in [0.15, 0.2) is 12.1 Å². The highest BCUT2D eigenvalue weighted by atomic mass is 35.5. The van der Waals surface area contributed by atoms with Gasteiger partial charge in [0, 0.05) is 12.6 Å². The Labute approximate surface area is 107 Å². The topological polar surface area (TPSA) is 54.2 Å². The van der Waals surface area contributed by atoms with Crippen LogP contribution in [-0.2, 0) is 0 Å². The fraction of sp³-hybridized carbons (Fsp3) is 0.583. The lowest BCUT2D eigenvalue weighted by Gasteiger charge is -2.23. The maximum Gasteiger partial charge on any atom is 0.151 e. The van der Waals surface area contributed by atoms with Gasteiger partial charge >= 0.3 is 0 Å². The van der Waals surface area contributed by atoms with Crippen LogP contribution in [0.25, 0.3) is 0 Å². The average molecular weight is 255 g/mol. The van der Waals surface area contributed by atoms with E-state index in [0.717, 1.165) is 13.1 Å². The zero-order valence-corrected chi connectivity index (χ0v) is 10.9. The molecular weight excluding hydrogens is 236 g/mol. The summed E-state index contributed by atoms with van der Waals surface area (Å²) in [6, 6.07) is 4.07. The summed E-state index contributed by atoms with van der Waals surface area (Å²) in [4.78, 5) is 6.68. The van der Waals surface area contributed by atoms with Crippen molar-refractivity contribution in [3.8, 4) is 0 Å². The van der Waals surface area contributed by atoms with E-state index in [1.807, 2.05) is 0 Å². The Morgan fingerprint density at radius 1 is 1.59 bits per heavy atom. The third-order valence-electron chi connectivity index (χ3n) is 3.30. The highest BCUT2D eigenvalue weighted by Crippen LogP contribution is 2.21. The number of aromatic nitrogens is 1. The van der Waals surface area contributed by atoms with Crippen LogP contribution in [0.5, 0.6) is 0 Å². The molecule has 0 aromatic carbocycles. The minimum Gasteiger partial charge on any atom is -0.396 e. The monoisotopic (exact) mass is 254 g/mol. The summed E-state index contributed by atoms with van der Waals surface area (Å²) in [7, 11) is 0. The third-order valence-corrected chi connectivity index (χ3v) is 3.51. The van der Waals surface area contributed by atoms with Gasteiger partial charge in [-0.3, -0.25) is 4.90 Å². The van der Waals surface area contributed by atoms with E-state index in [2.05, 4.69) is 22.1 Å². The summed E-state index contributed by atoms with van der Waals surface area (Å²) in [5.41, 5.74) is 6.49. The second kappa shape index (κ2) is 5.56. The van der Waals surface area contributed by atoms with Crippen molar-refractivity contribution in [1.29, 1.82) is 0 Å². The Hall–Kier alpha value is -1.00. The molecule has 1 saturated heterocycles. The van der Waals surface area contributed by atoms with Crippen molar-refractivity contribution in [3.05, 3.63) is 17.3 Å². The second-order valence-electron chi connectivity index (χ2n) is 4.38. The van der Waals surface area contributed by atoms with Crippen molar-refractivity contribution in [2.24, 2.45) is 0 Å². The predicted octanol–water partition coefficient (Wildman–Crippen LogP) is 2.21. The molecule has 1 aliphatic heterocycles. The van der Waals surface area contributed by atoms with E-state index in [4.69, 9.17) is 17.3 Å². The van der Waals surface area contributed by atoms with Crippen molar-refractivity contribution >= 4 is 23.1 Å². The molecular formula is C12H19ClN4. The zero-order chi connectivity index (χ0) is 12.3. The summed E-state index contributed by atoms with van der Waals surface area (Å²) >= 11 is 5.85. The van der Waals surface area contributed by atoms with Gasteiger partial charge in [0.05, 0.1) is 5.69 Å². The fourth-order valence-corrected chi connectivity index (χ4v) is 2.49. The maximum absolute atomic E-state index is 5.85.